The van der Waals surface area contributed by atoms with Gasteiger partial charge >= 0.3 is 5.97 Å². The Morgan fingerprint density at radius 1 is 1.54 bits per heavy atom. The van der Waals surface area contributed by atoms with Gasteiger partial charge in [-0.25, -0.2) is 9.78 Å². The van der Waals surface area contributed by atoms with Crippen LogP contribution in [0.5, 0.6) is 5.88 Å². The molecule has 1 aromatic rings. The van der Waals surface area contributed by atoms with Gasteiger partial charge in [0.25, 0.3) is 0 Å². The molecular formula is C8H10N2O3. The largest absolute Gasteiger partial charge is 0.477 e. The van der Waals surface area contributed by atoms with E-state index in [-0.39, 0.29) is 5.69 Å². The zero-order chi connectivity index (χ0) is 9.68. The van der Waals surface area contributed by atoms with Crippen molar-refractivity contribution in [1.29, 1.82) is 0 Å². The fourth-order valence-corrected chi connectivity index (χ4v) is 0.768. The van der Waals surface area contributed by atoms with Crippen molar-refractivity contribution >= 4 is 5.97 Å². The third-order valence-corrected chi connectivity index (χ3v) is 1.30. The number of nitrogens with zero attached hydrogens (tertiary/aromatic N) is 2. The van der Waals surface area contributed by atoms with Crippen LogP contribution in [0.25, 0.3) is 0 Å². The van der Waals surface area contributed by atoms with E-state index in [1.54, 1.807) is 0 Å². The van der Waals surface area contributed by atoms with Gasteiger partial charge in [0, 0.05) is 0 Å². The molecule has 5 heteroatoms. The zero-order valence-electron chi connectivity index (χ0n) is 7.48. The van der Waals surface area contributed by atoms with E-state index < -0.39 is 5.97 Å². The summed E-state index contributed by atoms with van der Waals surface area (Å²) in [6.07, 6.45) is 2.77. The first-order valence-electron chi connectivity index (χ1n) is 3.81. The molecule has 0 atom stereocenters. The Bertz CT molecular complexity index is 301. The van der Waals surface area contributed by atoms with Crippen molar-refractivity contribution in [3.05, 3.63) is 18.1 Å². The minimum Gasteiger partial charge on any atom is -0.477 e. The Hall–Kier alpha value is -1.65. The molecule has 5 nitrogen and oxygen atoms in total. The number of hydrogen-bond donors (Lipinski definition) is 0. The molecule has 0 aliphatic rings. The van der Waals surface area contributed by atoms with E-state index in [1.165, 1.54) is 19.5 Å². The molecule has 1 rings (SSSR count). The second kappa shape index (κ2) is 4.39. The first-order valence-corrected chi connectivity index (χ1v) is 3.81. The fourth-order valence-electron chi connectivity index (χ4n) is 0.768. The number of hydrogen-bond acceptors (Lipinski definition) is 5. The van der Waals surface area contributed by atoms with E-state index >= 15 is 0 Å². The van der Waals surface area contributed by atoms with Crippen LogP contribution in [-0.4, -0.2) is 29.7 Å². The van der Waals surface area contributed by atoms with Crippen LogP contribution < -0.4 is 4.74 Å². The predicted molar refractivity (Wildman–Crippen MR) is 44.5 cm³/mol. The number of ether oxygens (including phenoxy) is 2. The lowest BCUT2D eigenvalue weighted by Crippen LogP contribution is -2.06. The van der Waals surface area contributed by atoms with E-state index in [0.29, 0.717) is 12.5 Å². The van der Waals surface area contributed by atoms with Crippen molar-refractivity contribution < 1.29 is 14.3 Å². The van der Waals surface area contributed by atoms with Gasteiger partial charge in [-0.2, -0.15) is 0 Å². The summed E-state index contributed by atoms with van der Waals surface area (Å²) < 4.78 is 9.53. The number of rotatable bonds is 3. The highest BCUT2D eigenvalue weighted by molar-refractivity contribution is 5.86. The van der Waals surface area contributed by atoms with Crippen LogP contribution in [0.4, 0.5) is 0 Å². The summed E-state index contributed by atoms with van der Waals surface area (Å²) in [5.74, 6) is -0.195. The molecule has 1 aromatic heterocycles. The highest BCUT2D eigenvalue weighted by Gasteiger charge is 2.08. The highest BCUT2D eigenvalue weighted by atomic mass is 16.5. The molecular weight excluding hydrogens is 172 g/mol. The van der Waals surface area contributed by atoms with Crippen LogP contribution in [0.1, 0.15) is 17.4 Å². The monoisotopic (exact) mass is 182 g/mol. The summed E-state index contributed by atoms with van der Waals surface area (Å²) in [4.78, 5) is 18.6. The van der Waals surface area contributed by atoms with Gasteiger partial charge in [-0.05, 0) is 6.92 Å². The molecule has 0 radical (unpaired) electrons. The lowest BCUT2D eigenvalue weighted by molar-refractivity contribution is 0.0592. The molecule has 1 heterocycles. The van der Waals surface area contributed by atoms with E-state index in [0.717, 1.165) is 0 Å². The molecule has 0 spiro atoms. The quantitative estimate of drug-likeness (QED) is 0.642. The van der Waals surface area contributed by atoms with E-state index in [9.17, 15) is 4.79 Å². The van der Waals surface area contributed by atoms with Gasteiger partial charge in [0.2, 0.25) is 5.88 Å². The maximum Gasteiger partial charge on any atom is 0.358 e. The van der Waals surface area contributed by atoms with Crippen molar-refractivity contribution in [2.24, 2.45) is 0 Å². The zero-order valence-corrected chi connectivity index (χ0v) is 7.48. The van der Waals surface area contributed by atoms with E-state index in [4.69, 9.17) is 4.74 Å². The SMILES string of the molecule is CCOc1cncc(C(=O)OC)n1. The van der Waals surface area contributed by atoms with E-state index in [1.807, 2.05) is 6.92 Å². The van der Waals surface area contributed by atoms with Crippen LogP contribution in [0.3, 0.4) is 0 Å². The molecule has 0 N–H and O–H groups in total. The van der Waals surface area contributed by atoms with E-state index in [2.05, 4.69) is 14.7 Å². The highest BCUT2D eigenvalue weighted by Crippen LogP contribution is 2.05. The van der Waals surface area contributed by atoms with Crippen molar-refractivity contribution in [3.8, 4) is 5.88 Å². The molecule has 0 saturated carbocycles. The van der Waals surface area contributed by atoms with Crippen molar-refractivity contribution in [1.82, 2.24) is 9.97 Å². The molecule has 0 aromatic carbocycles. The van der Waals surface area contributed by atoms with Crippen LogP contribution in [0.15, 0.2) is 12.4 Å². The molecule has 0 saturated heterocycles. The maximum atomic E-state index is 11.0. The number of carbonyl (C=O) groups excluding carboxylic acids is 1. The first-order chi connectivity index (χ1) is 6.27. The second-order valence-corrected chi connectivity index (χ2v) is 2.17. The van der Waals surface area contributed by atoms with Gasteiger partial charge in [-0.3, -0.25) is 4.98 Å². The molecule has 0 aliphatic carbocycles. The van der Waals surface area contributed by atoms with Crippen LogP contribution in [-0.2, 0) is 4.74 Å². The van der Waals surface area contributed by atoms with Crippen molar-refractivity contribution in [2.45, 2.75) is 6.92 Å². The molecule has 13 heavy (non-hydrogen) atoms. The summed E-state index contributed by atoms with van der Waals surface area (Å²) in [5.41, 5.74) is 0.147. The van der Waals surface area contributed by atoms with Gasteiger partial charge < -0.3 is 9.47 Å². The fraction of sp³-hybridized carbons (Fsp3) is 0.375. The van der Waals surface area contributed by atoms with Gasteiger partial charge in [-0.1, -0.05) is 0 Å². The number of carbonyl (C=O) groups is 1. The Balaban J connectivity index is 2.85. The third-order valence-electron chi connectivity index (χ3n) is 1.30. The smallest absolute Gasteiger partial charge is 0.358 e. The summed E-state index contributed by atoms with van der Waals surface area (Å²) >= 11 is 0. The average molecular weight is 182 g/mol. The topological polar surface area (TPSA) is 61.3 Å². The van der Waals surface area contributed by atoms with Crippen molar-refractivity contribution in [3.63, 3.8) is 0 Å². The van der Waals surface area contributed by atoms with Crippen LogP contribution in [0, 0.1) is 0 Å². The summed E-state index contributed by atoms with van der Waals surface area (Å²) in [7, 11) is 1.29. The average Bonchev–Trinajstić information content (AvgIpc) is 2.18. The minimum atomic E-state index is -0.519. The lowest BCUT2D eigenvalue weighted by atomic mass is 10.4. The van der Waals surface area contributed by atoms with Crippen LogP contribution in [0.2, 0.25) is 0 Å². The Labute approximate surface area is 75.7 Å². The first kappa shape index (κ1) is 9.44. The van der Waals surface area contributed by atoms with Gasteiger partial charge in [0.1, 0.15) is 0 Å². The Morgan fingerprint density at radius 3 is 2.92 bits per heavy atom. The predicted octanol–water partition coefficient (Wildman–Crippen LogP) is 0.662. The number of esters is 1. The van der Waals surface area contributed by atoms with Crippen LogP contribution >= 0.6 is 0 Å². The molecule has 70 valence electrons. The summed E-state index contributed by atoms with van der Waals surface area (Å²) in [6.45, 7) is 2.31. The minimum absolute atomic E-state index is 0.147. The summed E-state index contributed by atoms with van der Waals surface area (Å²) in [6, 6.07) is 0. The van der Waals surface area contributed by atoms with Crippen molar-refractivity contribution in [2.75, 3.05) is 13.7 Å². The molecule has 0 bridgehead atoms. The lowest BCUT2D eigenvalue weighted by Gasteiger charge is -2.02. The standard InChI is InChI=1S/C8H10N2O3/c1-3-13-7-5-9-4-6(10-7)8(11)12-2/h4-5H,3H2,1-2H3. The molecule has 0 fully saturated rings. The number of methoxy groups -OCH3 is 1. The van der Waals surface area contributed by atoms with Gasteiger partial charge in [0.05, 0.1) is 26.1 Å². The molecule has 0 unspecified atom stereocenters. The second-order valence-electron chi connectivity index (χ2n) is 2.17. The molecule has 0 amide bonds. The number of aromatic nitrogens is 2. The Kier molecular flexibility index (Phi) is 3.19. The Morgan fingerprint density at radius 2 is 2.31 bits per heavy atom. The van der Waals surface area contributed by atoms with Gasteiger partial charge in [0.15, 0.2) is 5.69 Å². The maximum absolute atomic E-state index is 11.0. The van der Waals surface area contributed by atoms with Gasteiger partial charge in [-0.15, -0.1) is 0 Å². The summed E-state index contributed by atoms with van der Waals surface area (Å²) in [5, 5.41) is 0. The molecule has 0 aliphatic heterocycles. The normalized spacial score (nSPS) is 9.38. The third kappa shape index (κ3) is 2.40.